The molecule has 2 aromatic heterocycles. The Morgan fingerprint density at radius 2 is 1.35 bits per heavy atom. The lowest BCUT2D eigenvalue weighted by molar-refractivity contribution is -0.136. The van der Waals surface area contributed by atoms with E-state index in [9.17, 15) is 24.3 Å². The van der Waals surface area contributed by atoms with E-state index in [4.69, 9.17) is 0 Å². The van der Waals surface area contributed by atoms with Gasteiger partial charge in [-0.2, -0.15) is 0 Å². The zero-order valence-electron chi connectivity index (χ0n) is 27.2. The van der Waals surface area contributed by atoms with Crippen molar-refractivity contribution in [3.05, 3.63) is 70.8 Å². The molecule has 0 bridgehead atoms. The van der Waals surface area contributed by atoms with Gasteiger partial charge in [0.05, 0.1) is 19.2 Å². The van der Waals surface area contributed by atoms with E-state index in [0.29, 0.717) is 36.1 Å². The third-order valence-electron chi connectivity index (χ3n) is 8.58. The number of carboxylic acid groups (broad SMARTS) is 1. The first-order chi connectivity index (χ1) is 23.0. The molecular formula is C34H38N8O6. The average molecular weight is 655 g/mol. The Bertz CT molecular complexity index is 1790. The van der Waals surface area contributed by atoms with E-state index in [-0.39, 0.29) is 23.9 Å². The Morgan fingerprint density at radius 1 is 0.875 bits per heavy atom. The van der Waals surface area contributed by atoms with Gasteiger partial charge in [0.15, 0.2) is 0 Å². The van der Waals surface area contributed by atoms with Crippen LogP contribution in [0.5, 0.6) is 0 Å². The molecular weight excluding hydrogens is 616 g/mol. The first-order valence-electron chi connectivity index (χ1n) is 15.7. The molecule has 48 heavy (non-hydrogen) atoms. The zero-order valence-corrected chi connectivity index (χ0v) is 27.2. The number of ether oxygens (including phenoxy) is 1. The number of carbonyl (C=O) groups is 4. The molecule has 14 heteroatoms. The average Bonchev–Trinajstić information content (AvgIpc) is 3.92. The Morgan fingerprint density at radius 3 is 1.81 bits per heavy atom. The maximum atomic E-state index is 13.0. The van der Waals surface area contributed by atoms with Gasteiger partial charge in [-0.05, 0) is 75.6 Å². The number of amides is 4. The molecule has 1 aromatic carbocycles. The number of alkyl carbamates (subject to hydrolysis) is 1. The summed E-state index contributed by atoms with van der Waals surface area (Å²) in [4.78, 5) is 68.7. The highest BCUT2D eigenvalue weighted by atomic mass is 16.5. The highest BCUT2D eigenvalue weighted by molar-refractivity contribution is 5.86. The normalized spacial score (nSPS) is 18.2. The molecule has 2 aliphatic rings. The fourth-order valence-corrected chi connectivity index (χ4v) is 5.80. The zero-order chi connectivity index (χ0) is 34.4. The van der Waals surface area contributed by atoms with Crippen LogP contribution in [0.1, 0.15) is 85.8 Å². The van der Waals surface area contributed by atoms with Crippen molar-refractivity contribution in [2.75, 3.05) is 27.2 Å². The molecule has 0 radical (unpaired) electrons. The number of hydrogen-bond acceptors (Lipinski definition) is 7. The van der Waals surface area contributed by atoms with Crippen molar-refractivity contribution in [1.82, 2.24) is 40.0 Å². The second kappa shape index (κ2) is 14.8. The number of H-pyrrole nitrogens is 2. The van der Waals surface area contributed by atoms with Gasteiger partial charge in [-0.3, -0.25) is 14.5 Å². The number of nitrogens with one attached hydrogen (secondary N) is 3. The third-order valence-corrected chi connectivity index (χ3v) is 8.58. The summed E-state index contributed by atoms with van der Waals surface area (Å²) >= 11 is 0. The van der Waals surface area contributed by atoms with Gasteiger partial charge in [0.1, 0.15) is 35.1 Å². The number of rotatable bonds is 6. The van der Waals surface area contributed by atoms with Crippen molar-refractivity contribution in [2.24, 2.45) is 0 Å². The summed E-state index contributed by atoms with van der Waals surface area (Å²) in [6, 6.07) is 5.45. The van der Waals surface area contributed by atoms with Crippen LogP contribution in [-0.4, -0.2) is 103 Å². The number of aromatic nitrogens is 4. The largest absolute Gasteiger partial charge is 0.465 e. The quantitative estimate of drug-likeness (QED) is 0.293. The van der Waals surface area contributed by atoms with E-state index in [1.54, 1.807) is 36.0 Å². The number of hydrogen-bond donors (Lipinski definition) is 4. The predicted octanol–water partition coefficient (Wildman–Crippen LogP) is 3.00. The first-order valence-corrected chi connectivity index (χ1v) is 15.7. The van der Waals surface area contributed by atoms with Gasteiger partial charge < -0.3 is 34.9 Å². The van der Waals surface area contributed by atoms with Gasteiger partial charge >= 0.3 is 12.2 Å². The molecule has 4 atom stereocenters. The fourth-order valence-electron chi connectivity index (χ4n) is 5.80. The standard InChI is InChI=1S/C34H38N8O6/c1-21(37-33(45)48-4)31(43)41-17-5-7-27(41)29-35-19-25(38-29)15-13-23-9-11-24(12-10-23)14-16-26-20-36-30(39-26)28-8-6-18-42(28)32(44)22(2)40(3)34(46)47/h9-12,19-22,27-28H,5-8,17-18H2,1-4H3,(H,35,38)(H,36,39)(H,37,45)(H,46,47)/t21-,22-,27-,28-/m0/s1. The van der Waals surface area contributed by atoms with E-state index in [0.717, 1.165) is 41.7 Å². The third kappa shape index (κ3) is 7.61. The van der Waals surface area contributed by atoms with Gasteiger partial charge in [0.2, 0.25) is 11.8 Å². The molecule has 0 aliphatic carbocycles. The summed E-state index contributed by atoms with van der Waals surface area (Å²) in [7, 11) is 2.64. The topological polar surface area (TPSA) is 177 Å². The van der Waals surface area contributed by atoms with Crippen LogP contribution in [0.2, 0.25) is 0 Å². The first kappa shape index (κ1) is 33.6. The summed E-state index contributed by atoms with van der Waals surface area (Å²) in [6.07, 6.45) is 4.72. The van der Waals surface area contributed by atoms with Gasteiger partial charge in [0, 0.05) is 43.7 Å². The lowest BCUT2D eigenvalue weighted by Crippen LogP contribution is -2.47. The fraction of sp³-hybridized carbons (Fsp3) is 0.412. The van der Waals surface area contributed by atoms with Gasteiger partial charge in [-0.1, -0.05) is 11.8 Å². The summed E-state index contributed by atoms with van der Waals surface area (Å²) < 4.78 is 4.60. The Balaban J connectivity index is 1.19. The van der Waals surface area contributed by atoms with Crippen LogP contribution < -0.4 is 5.32 Å². The maximum Gasteiger partial charge on any atom is 0.407 e. The minimum absolute atomic E-state index is 0.201. The lowest BCUT2D eigenvalue weighted by atomic mass is 10.1. The van der Waals surface area contributed by atoms with E-state index >= 15 is 0 Å². The van der Waals surface area contributed by atoms with E-state index in [1.807, 2.05) is 24.3 Å². The number of carbonyl (C=O) groups excluding carboxylic acids is 3. The molecule has 5 rings (SSSR count). The lowest BCUT2D eigenvalue weighted by Gasteiger charge is -2.29. The number of methoxy groups -OCH3 is 1. The van der Waals surface area contributed by atoms with Crippen molar-refractivity contribution < 1.29 is 29.0 Å². The maximum absolute atomic E-state index is 13.0. The van der Waals surface area contributed by atoms with Gasteiger partial charge in [-0.15, -0.1) is 0 Å². The van der Waals surface area contributed by atoms with Crippen LogP contribution in [0.25, 0.3) is 0 Å². The highest BCUT2D eigenvalue weighted by Crippen LogP contribution is 2.32. The van der Waals surface area contributed by atoms with Gasteiger partial charge in [-0.25, -0.2) is 19.6 Å². The molecule has 4 N–H and O–H groups in total. The minimum Gasteiger partial charge on any atom is -0.465 e. The molecule has 2 aliphatic heterocycles. The Hall–Kier alpha value is -5.76. The molecule has 2 fully saturated rings. The number of likely N-dealkylation sites (N-methyl/N-ethyl adjacent to an activating group) is 1. The molecule has 4 heterocycles. The second-order valence-electron chi connectivity index (χ2n) is 11.7. The van der Waals surface area contributed by atoms with Crippen molar-refractivity contribution >= 4 is 24.0 Å². The molecule has 250 valence electrons. The van der Waals surface area contributed by atoms with Crippen LogP contribution in [-0.2, 0) is 14.3 Å². The minimum atomic E-state index is -1.15. The van der Waals surface area contributed by atoms with E-state index in [2.05, 4.69) is 53.7 Å². The SMILES string of the molecule is COC(=O)N[C@@H](C)C(=O)N1CCC[C@H]1c1nc(C#Cc2ccc(C#Cc3c[nH]c([C@@H]4CCCN4C(=O)[C@H](C)N(C)C(=O)O)n3)cc2)c[nH]1. The highest BCUT2D eigenvalue weighted by Gasteiger charge is 2.37. The molecule has 3 aromatic rings. The molecule has 2 saturated heterocycles. The summed E-state index contributed by atoms with van der Waals surface area (Å²) in [5.41, 5.74) is 2.64. The molecule has 0 unspecified atom stereocenters. The Labute approximate surface area is 278 Å². The van der Waals surface area contributed by atoms with E-state index in [1.165, 1.54) is 14.2 Å². The summed E-state index contributed by atoms with van der Waals surface area (Å²) in [5.74, 6) is 13.1. The second-order valence-corrected chi connectivity index (χ2v) is 11.7. The van der Waals surface area contributed by atoms with Crippen LogP contribution in [0, 0.1) is 23.7 Å². The molecule has 0 saturated carbocycles. The summed E-state index contributed by atoms with van der Waals surface area (Å²) in [6.45, 7) is 4.32. The van der Waals surface area contributed by atoms with Crippen LogP contribution in [0.4, 0.5) is 9.59 Å². The number of nitrogens with zero attached hydrogens (tertiary/aromatic N) is 5. The number of benzene rings is 1. The van der Waals surface area contributed by atoms with Gasteiger partial charge in [0.25, 0.3) is 0 Å². The Kier molecular flexibility index (Phi) is 10.3. The van der Waals surface area contributed by atoms with Crippen LogP contribution in [0.15, 0.2) is 36.7 Å². The summed E-state index contributed by atoms with van der Waals surface area (Å²) in [5, 5.41) is 11.8. The van der Waals surface area contributed by atoms with Crippen molar-refractivity contribution in [3.8, 4) is 23.7 Å². The molecule has 0 spiro atoms. The number of aromatic amines is 2. The number of likely N-dealkylation sites (tertiary alicyclic amines) is 2. The smallest absolute Gasteiger partial charge is 0.407 e. The monoisotopic (exact) mass is 654 g/mol. The predicted molar refractivity (Wildman–Crippen MR) is 173 cm³/mol. The van der Waals surface area contributed by atoms with E-state index < -0.39 is 24.3 Å². The van der Waals surface area contributed by atoms with Crippen molar-refractivity contribution in [1.29, 1.82) is 0 Å². The van der Waals surface area contributed by atoms with Crippen LogP contribution >= 0.6 is 0 Å². The molecule has 4 amide bonds. The van der Waals surface area contributed by atoms with Crippen molar-refractivity contribution in [2.45, 2.75) is 63.7 Å². The number of imidazole rings is 2. The van der Waals surface area contributed by atoms with Crippen molar-refractivity contribution in [3.63, 3.8) is 0 Å². The van der Waals surface area contributed by atoms with Crippen LogP contribution in [0.3, 0.4) is 0 Å². The molecule has 14 nitrogen and oxygen atoms in total.